The molecule has 0 aliphatic rings. The first-order valence-corrected chi connectivity index (χ1v) is 9.13. The SMILES string of the molecule is Cc1nc(-c2cccc(Cl)c2)sc1C(=O)N(C)CCc1ccccn1. The summed E-state index contributed by atoms with van der Waals surface area (Å²) in [6.45, 7) is 2.48. The smallest absolute Gasteiger partial charge is 0.265 e. The molecule has 2 aromatic heterocycles. The van der Waals surface area contributed by atoms with Gasteiger partial charge in [0.05, 0.1) is 5.69 Å². The van der Waals surface area contributed by atoms with Gasteiger partial charge in [-0.3, -0.25) is 9.78 Å². The van der Waals surface area contributed by atoms with E-state index < -0.39 is 0 Å². The van der Waals surface area contributed by atoms with E-state index in [9.17, 15) is 4.79 Å². The number of carbonyl (C=O) groups is 1. The number of benzene rings is 1. The highest BCUT2D eigenvalue weighted by Crippen LogP contribution is 2.30. The lowest BCUT2D eigenvalue weighted by molar-refractivity contribution is 0.0800. The molecule has 3 rings (SSSR count). The van der Waals surface area contributed by atoms with Crippen LogP contribution in [0.1, 0.15) is 21.1 Å². The van der Waals surface area contributed by atoms with Gasteiger partial charge in [-0.25, -0.2) is 4.98 Å². The molecule has 3 aromatic rings. The maximum Gasteiger partial charge on any atom is 0.265 e. The fourth-order valence-electron chi connectivity index (χ4n) is 2.44. The van der Waals surface area contributed by atoms with E-state index in [1.807, 2.05) is 56.4 Å². The van der Waals surface area contributed by atoms with E-state index in [-0.39, 0.29) is 5.91 Å². The number of rotatable bonds is 5. The van der Waals surface area contributed by atoms with Gasteiger partial charge in [0.2, 0.25) is 0 Å². The molecule has 0 N–H and O–H groups in total. The highest BCUT2D eigenvalue weighted by Gasteiger charge is 2.19. The Hall–Kier alpha value is -2.24. The van der Waals surface area contributed by atoms with Crippen molar-refractivity contribution >= 4 is 28.8 Å². The summed E-state index contributed by atoms with van der Waals surface area (Å²) in [5.41, 5.74) is 2.65. The Morgan fingerprint density at radius 1 is 1.24 bits per heavy atom. The molecule has 0 atom stereocenters. The van der Waals surface area contributed by atoms with Gasteiger partial charge in [0.25, 0.3) is 5.91 Å². The van der Waals surface area contributed by atoms with Crippen LogP contribution in [-0.4, -0.2) is 34.4 Å². The number of aryl methyl sites for hydroxylation is 1. The second kappa shape index (κ2) is 7.76. The van der Waals surface area contributed by atoms with Crippen LogP contribution in [0.2, 0.25) is 5.02 Å². The van der Waals surface area contributed by atoms with E-state index in [2.05, 4.69) is 9.97 Å². The lowest BCUT2D eigenvalue weighted by atomic mass is 10.2. The highest BCUT2D eigenvalue weighted by molar-refractivity contribution is 7.17. The van der Waals surface area contributed by atoms with E-state index in [0.29, 0.717) is 16.4 Å². The molecule has 6 heteroatoms. The molecule has 0 radical (unpaired) electrons. The number of hydrogen-bond donors (Lipinski definition) is 0. The number of amides is 1. The number of aromatic nitrogens is 2. The number of thiazole rings is 1. The van der Waals surface area contributed by atoms with Crippen LogP contribution in [0.25, 0.3) is 10.6 Å². The average molecular weight is 372 g/mol. The third kappa shape index (κ3) is 4.24. The number of likely N-dealkylation sites (N-methyl/N-ethyl adjacent to an activating group) is 1. The van der Waals surface area contributed by atoms with E-state index in [1.54, 1.807) is 11.1 Å². The standard InChI is InChI=1S/C19H18ClN3OS/c1-13-17(25-18(22-13)14-6-5-7-15(20)12-14)19(24)23(2)11-9-16-8-3-4-10-21-16/h3-8,10,12H,9,11H2,1-2H3. The Bertz CT molecular complexity index is 879. The van der Waals surface area contributed by atoms with Gasteiger partial charge in [0, 0.05) is 42.5 Å². The van der Waals surface area contributed by atoms with Gasteiger partial charge in [-0.1, -0.05) is 29.8 Å². The summed E-state index contributed by atoms with van der Waals surface area (Å²) in [6.07, 6.45) is 2.49. The molecule has 0 saturated carbocycles. The molecule has 0 saturated heterocycles. The predicted molar refractivity (Wildman–Crippen MR) is 102 cm³/mol. The second-order valence-electron chi connectivity index (χ2n) is 5.74. The molecular weight excluding hydrogens is 354 g/mol. The predicted octanol–water partition coefficient (Wildman–Crippen LogP) is 4.48. The minimum Gasteiger partial charge on any atom is -0.341 e. The Morgan fingerprint density at radius 2 is 2.08 bits per heavy atom. The maximum atomic E-state index is 12.7. The summed E-state index contributed by atoms with van der Waals surface area (Å²) in [4.78, 5) is 24.0. The molecule has 1 amide bonds. The summed E-state index contributed by atoms with van der Waals surface area (Å²) in [5, 5.41) is 1.46. The zero-order valence-electron chi connectivity index (χ0n) is 14.1. The lowest BCUT2D eigenvalue weighted by Gasteiger charge is -2.16. The van der Waals surface area contributed by atoms with Crippen molar-refractivity contribution in [3.05, 3.63) is 69.9 Å². The molecule has 0 spiro atoms. The van der Waals surface area contributed by atoms with Crippen LogP contribution in [0.5, 0.6) is 0 Å². The van der Waals surface area contributed by atoms with Crippen LogP contribution in [0, 0.1) is 6.92 Å². The number of halogens is 1. The number of nitrogens with zero attached hydrogens (tertiary/aromatic N) is 3. The van der Waals surface area contributed by atoms with Gasteiger partial charge in [-0.05, 0) is 31.2 Å². The van der Waals surface area contributed by atoms with Gasteiger partial charge in [-0.2, -0.15) is 0 Å². The first-order chi connectivity index (χ1) is 12.0. The third-order valence-corrected chi connectivity index (χ3v) is 5.27. The van der Waals surface area contributed by atoms with Gasteiger partial charge >= 0.3 is 0 Å². The first-order valence-electron chi connectivity index (χ1n) is 7.93. The Labute approximate surface area is 156 Å². The zero-order valence-corrected chi connectivity index (χ0v) is 15.6. The topological polar surface area (TPSA) is 46.1 Å². The molecule has 25 heavy (non-hydrogen) atoms. The molecular formula is C19H18ClN3OS. The quantitative estimate of drug-likeness (QED) is 0.664. The summed E-state index contributed by atoms with van der Waals surface area (Å²) in [5.74, 6) is -0.0146. The number of hydrogen-bond acceptors (Lipinski definition) is 4. The minimum atomic E-state index is -0.0146. The van der Waals surface area contributed by atoms with Crippen LogP contribution in [0.3, 0.4) is 0 Å². The molecule has 1 aromatic carbocycles. The zero-order chi connectivity index (χ0) is 17.8. The van der Waals surface area contributed by atoms with Crippen LogP contribution in [0.15, 0.2) is 48.7 Å². The molecule has 128 valence electrons. The van der Waals surface area contributed by atoms with Gasteiger partial charge in [-0.15, -0.1) is 11.3 Å². The van der Waals surface area contributed by atoms with E-state index >= 15 is 0 Å². The molecule has 4 nitrogen and oxygen atoms in total. The second-order valence-corrected chi connectivity index (χ2v) is 7.18. The molecule has 0 bridgehead atoms. The Kier molecular flexibility index (Phi) is 5.46. The summed E-state index contributed by atoms with van der Waals surface area (Å²) in [6, 6.07) is 13.3. The maximum absolute atomic E-state index is 12.7. The van der Waals surface area contributed by atoms with Crippen molar-refractivity contribution < 1.29 is 4.79 Å². The first kappa shape index (κ1) is 17.6. The van der Waals surface area contributed by atoms with Crippen LogP contribution < -0.4 is 0 Å². The van der Waals surface area contributed by atoms with Gasteiger partial charge < -0.3 is 4.90 Å². The van der Waals surface area contributed by atoms with Gasteiger partial charge in [0.1, 0.15) is 9.88 Å². The van der Waals surface area contributed by atoms with Crippen molar-refractivity contribution in [2.75, 3.05) is 13.6 Å². The molecule has 2 heterocycles. The molecule has 0 fully saturated rings. The highest BCUT2D eigenvalue weighted by atomic mass is 35.5. The largest absolute Gasteiger partial charge is 0.341 e. The fourth-order valence-corrected chi connectivity index (χ4v) is 3.69. The summed E-state index contributed by atoms with van der Waals surface area (Å²) < 4.78 is 0. The fraction of sp³-hybridized carbons (Fsp3) is 0.211. The van der Waals surface area contributed by atoms with Crippen molar-refractivity contribution in [1.29, 1.82) is 0 Å². The van der Waals surface area contributed by atoms with E-state index in [4.69, 9.17) is 11.6 Å². The number of carbonyl (C=O) groups excluding carboxylic acids is 1. The Balaban J connectivity index is 1.73. The van der Waals surface area contributed by atoms with Crippen LogP contribution in [0.4, 0.5) is 0 Å². The molecule has 0 aliphatic heterocycles. The van der Waals surface area contributed by atoms with Crippen molar-refractivity contribution in [1.82, 2.24) is 14.9 Å². The average Bonchev–Trinajstić information content (AvgIpc) is 3.01. The third-order valence-electron chi connectivity index (χ3n) is 3.84. The Morgan fingerprint density at radius 3 is 2.80 bits per heavy atom. The van der Waals surface area contributed by atoms with Crippen molar-refractivity contribution in [3.63, 3.8) is 0 Å². The van der Waals surface area contributed by atoms with Crippen molar-refractivity contribution in [3.8, 4) is 10.6 Å². The summed E-state index contributed by atoms with van der Waals surface area (Å²) in [7, 11) is 1.81. The van der Waals surface area contributed by atoms with E-state index in [1.165, 1.54) is 11.3 Å². The lowest BCUT2D eigenvalue weighted by Crippen LogP contribution is -2.28. The molecule has 0 aliphatic carbocycles. The van der Waals surface area contributed by atoms with E-state index in [0.717, 1.165) is 28.4 Å². The van der Waals surface area contributed by atoms with Crippen LogP contribution in [-0.2, 0) is 6.42 Å². The number of pyridine rings is 1. The van der Waals surface area contributed by atoms with Gasteiger partial charge in [0.15, 0.2) is 0 Å². The van der Waals surface area contributed by atoms with Crippen LogP contribution >= 0.6 is 22.9 Å². The minimum absolute atomic E-state index is 0.0146. The normalized spacial score (nSPS) is 10.7. The van der Waals surface area contributed by atoms with Crippen molar-refractivity contribution in [2.45, 2.75) is 13.3 Å². The molecule has 0 unspecified atom stereocenters. The summed E-state index contributed by atoms with van der Waals surface area (Å²) >= 11 is 7.45. The monoisotopic (exact) mass is 371 g/mol. The van der Waals surface area contributed by atoms with Crippen molar-refractivity contribution in [2.24, 2.45) is 0 Å².